The molecule has 3 atom stereocenters. The minimum Gasteiger partial charge on any atom is -0.337 e. The molecule has 10 heteroatoms. The molecule has 0 spiro atoms. The lowest BCUT2D eigenvalue weighted by molar-refractivity contribution is -0.121. The molecule has 0 saturated carbocycles. The number of hydrogen-bond donors (Lipinski definition) is 1. The number of carbonyl (C=O) groups excluding carboxylic acids is 1. The van der Waals surface area contributed by atoms with E-state index in [4.69, 9.17) is 0 Å². The summed E-state index contributed by atoms with van der Waals surface area (Å²) in [6.07, 6.45) is 1.21. The number of nitrogens with zero attached hydrogens (tertiary/aromatic N) is 4. The maximum atomic E-state index is 12.5. The first kappa shape index (κ1) is 21.7. The molecule has 0 radical (unpaired) electrons. The van der Waals surface area contributed by atoms with Crippen molar-refractivity contribution in [2.75, 3.05) is 11.5 Å². The Balaban J connectivity index is 2.00. The molecule has 1 saturated heterocycles. The van der Waals surface area contributed by atoms with Crippen molar-refractivity contribution in [3.8, 4) is 6.07 Å². The minimum absolute atomic E-state index is 0.0206. The fourth-order valence-electron chi connectivity index (χ4n) is 2.79. The molecule has 2 rings (SSSR count). The van der Waals surface area contributed by atoms with Crippen LogP contribution >= 0.6 is 11.8 Å². The molecule has 8 nitrogen and oxygen atoms in total. The summed E-state index contributed by atoms with van der Waals surface area (Å²) < 4.78 is 25.0. The fraction of sp³-hybridized carbons (Fsp3) is 0.765. The maximum absolute atomic E-state index is 12.5. The summed E-state index contributed by atoms with van der Waals surface area (Å²) in [5, 5.41) is 20.6. The Hall–Kier alpha value is -1.60. The number of aromatic nitrogens is 3. The van der Waals surface area contributed by atoms with Crippen LogP contribution in [-0.2, 0) is 28.1 Å². The largest absolute Gasteiger partial charge is 0.337 e. The van der Waals surface area contributed by atoms with Gasteiger partial charge in [0.05, 0.1) is 22.8 Å². The highest BCUT2D eigenvalue weighted by Gasteiger charge is 2.33. The second-order valence-electron chi connectivity index (χ2n) is 7.65. The normalized spacial score (nSPS) is 22.2. The van der Waals surface area contributed by atoms with Crippen LogP contribution in [0.5, 0.6) is 0 Å². The van der Waals surface area contributed by atoms with Gasteiger partial charge in [-0.05, 0) is 32.1 Å². The van der Waals surface area contributed by atoms with Gasteiger partial charge in [0.15, 0.2) is 15.0 Å². The van der Waals surface area contributed by atoms with E-state index in [0.717, 1.165) is 5.82 Å². The number of thioether (sulfide) groups is 1. The minimum atomic E-state index is -2.92. The summed E-state index contributed by atoms with van der Waals surface area (Å²) in [5.74, 6) is 0.970. The zero-order valence-electron chi connectivity index (χ0n) is 16.4. The van der Waals surface area contributed by atoms with Crippen LogP contribution in [0.25, 0.3) is 0 Å². The Morgan fingerprint density at radius 3 is 2.63 bits per heavy atom. The third-order valence-electron chi connectivity index (χ3n) is 5.14. The van der Waals surface area contributed by atoms with Gasteiger partial charge in [-0.25, -0.2) is 8.42 Å². The topological polar surface area (TPSA) is 118 Å². The molecule has 1 fully saturated rings. The van der Waals surface area contributed by atoms with Crippen molar-refractivity contribution >= 4 is 27.5 Å². The average Bonchev–Trinajstić information content (AvgIpc) is 3.10. The highest BCUT2D eigenvalue weighted by Crippen LogP contribution is 2.26. The zero-order valence-corrected chi connectivity index (χ0v) is 18.0. The lowest BCUT2D eigenvalue weighted by Gasteiger charge is -2.28. The molecule has 3 unspecified atom stereocenters. The third-order valence-corrected chi connectivity index (χ3v) is 8.12. The van der Waals surface area contributed by atoms with Crippen LogP contribution < -0.4 is 5.32 Å². The number of sulfone groups is 1. The summed E-state index contributed by atoms with van der Waals surface area (Å²) in [6.45, 7) is 7.25. The summed E-state index contributed by atoms with van der Waals surface area (Å²) in [6, 6.07) is 2.17. The molecule has 0 aromatic carbocycles. The van der Waals surface area contributed by atoms with Crippen LogP contribution in [0, 0.1) is 23.2 Å². The Labute approximate surface area is 165 Å². The van der Waals surface area contributed by atoms with Gasteiger partial charge in [-0.3, -0.25) is 4.79 Å². The maximum Gasteiger partial charge on any atom is 0.234 e. The van der Waals surface area contributed by atoms with E-state index in [9.17, 15) is 18.5 Å². The number of amides is 1. The molecular formula is C17H27N5O3S2. The molecule has 1 aliphatic rings. The zero-order chi connectivity index (χ0) is 20.4. The quantitative estimate of drug-likeness (QED) is 0.670. The van der Waals surface area contributed by atoms with Crippen LogP contribution in [-0.4, -0.2) is 51.4 Å². The van der Waals surface area contributed by atoms with E-state index in [2.05, 4.69) is 21.6 Å². The van der Waals surface area contributed by atoms with E-state index in [1.807, 2.05) is 25.5 Å². The number of hydrogen-bond acceptors (Lipinski definition) is 7. The Morgan fingerprint density at radius 2 is 2.11 bits per heavy atom. The average molecular weight is 414 g/mol. The highest BCUT2D eigenvalue weighted by atomic mass is 32.2. The van der Waals surface area contributed by atoms with Gasteiger partial charge in [-0.1, -0.05) is 25.6 Å². The molecule has 1 amide bonds. The Kier molecular flexibility index (Phi) is 6.58. The first-order valence-electron chi connectivity index (χ1n) is 8.96. The molecule has 150 valence electrons. The Bertz CT molecular complexity index is 843. The van der Waals surface area contributed by atoms with Crippen molar-refractivity contribution < 1.29 is 13.2 Å². The Morgan fingerprint density at radius 1 is 1.44 bits per heavy atom. The predicted octanol–water partition coefficient (Wildman–Crippen LogP) is 1.33. The van der Waals surface area contributed by atoms with E-state index in [-0.39, 0.29) is 29.2 Å². The molecule has 0 aliphatic carbocycles. The molecular weight excluding hydrogens is 386 g/mol. The van der Waals surface area contributed by atoms with Gasteiger partial charge in [0, 0.05) is 13.5 Å². The lowest BCUT2D eigenvalue weighted by atomic mass is 9.90. The van der Waals surface area contributed by atoms with Gasteiger partial charge < -0.3 is 9.88 Å². The van der Waals surface area contributed by atoms with Crippen LogP contribution in [0.4, 0.5) is 0 Å². The summed E-state index contributed by atoms with van der Waals surface area (Å²) in [5.41, 5.74) is -0.926. The molecule has 1 aliphatic heterocycles. The number of carbonyl (C=O) groups is 1. The van der Waals surface area contributed by atoms with E-state index >= 15 is 0 Å². The molecule has 1 N–H and O–H groups in total. The molecule has 1 aromatic rings. The molecule has 27 heavy (non-hydrogen) atoms. The van der Waals surface area contributed by atoms with Crippen LogP contribution in [0.15, 0.2) is 5.16 Å². The van der Waals surface area contributed by atoms with Crippen molar-refractivity contribution in [1.29, 1.82) is 5.26 Å². The molecule has 1 aromatic heterocycles. The van der Waals surface area contributed by atoms with E-state index in [1.165, 1.54) is 11.8 Å². The number of nitrogens with one attached hydrogen (secondary N) is 1. The molecule has 0 bridgehead atoms. The lowest BCUT2D eigenvalue weighted by Crippen LogP contribution is -2.51. The summed E-state index contributed by atoms with van der Waals surface area (Å²) in [4.78, 5) is 12.5. The van der Waals surface area contributed by atoms with Crippen molar-refractivity contribution in [2.45, 2.75) is 56.5 Å². The van der Waals surface area contributed by atoms with Gasteiger partial charge in [0.1, 0.15) is 11.4 Å². The van der Waals surface area contributed by atoms with Gasteiger partial charge >= 0.3 is 0 Å². The van der Waals surface area contributed by atoms with E-state index in [1.54, 1.807) is 13.8 Å². The van der Waals surface area contributed by atoms with Crippen molar-refractivity contribution in [1.82, 2.24) is 20.1 Å². The summed E-state index contributed by atoms with van der Waals surface area (Å²) >= 11 is 1.27. The van der Waals surface area contributed by atoms with Gasteiger partial charge in [-0.15, -0.1) is 10.2 Å². The van der Waals surface area contributed by atoms with Crippen LogP contribution in [0.3, 0.4) is 0 Å². The fourth-order valence-corrected chi connectivity index (χ4v) is 5.48. The van der Waals surface area contributed by atoms with Crippen LogP contribution in [0.2, 0.25) is 0 Å². The van der Waals surface area contributed by atoms with E-state index in [0.29, 0.717) is 18.0 Å². The van der Waals surface area contributed by atoms with Crippen molar-refractivity contribution in [2.24, 2.45) is 18.9 Å². The van der Waals surface area contributed by atoms with E-state index < -0.39 is 20.6 Å². The second kappa shape index (κ2) is 8.19. The standard InChI is InChI=1S/C17H27N5O3S2/c1-11(2)17(4,10-18)19-15(23)12(3)26-16-21-20-14(22(16)5)8-13-6-7-27(24,25)9-13/h11-13H,6-9H2,1-5H3,(H,19,23). The van der Waals surface area contributed by atoms with Crippen molar-refractivity contribution in [3.05, 3.63) is 5.82 Å². The SMILES string of the molecule is CC(Sc1nnc(CC2CCS(=O)(=O)C2)n1C)C(=O)NC(C)(C#N)C(C)C. The van der Waals surface area contributed by atoms with Crippen LogP contribution in [0.1, 0.15) is 39.9 Å². The first-order chi connectivity index (χ1) is 12.5. The third kappa shape index (κ3) is 5.23. The van der Waals surface area contributed by atoms with Crippen molar-refractivity contribution in [3.63, 3.8) is 0 Å². The molecule has 2 heterocycles. The number of nitriles is 1. The predicted molar refractivity (Wildman–Crippen MR) is 104 cm³/mol. The monoisotopic (exact) mass is 413 g/mol. The van der Waals surface area contributed by atoms with Gasteiger partial charge in [0.2, 0.25) is 5.91 Å². The summed E-state index contributed by atoms with van der Waals surface area (Å²) in [7, 11) is -1.10. The smallest absolute Gasteiger partial charge is 0.234 e. The highest BCUT2D eigenvalue weighted by molar-refractivity contribution is 8.00. The number of rotatable bonds is 7. The van der Waals surface area contributed by atoms with Gasteiger partial charge in [-0.2, -0.15) is 5.26 Å². The second-order valence-corrected chi connectivity index (χ2v) is 11.2. The first-order valence-corrected chi connectivity index (χ1v) is 11.7. The van der Waals surface area contributed by atoms with Gasteiger partial charge in [0.25, 0.3) is 0 Å².